The fraction of sp³-hybridized carbons (Fsp3) is 0.588. The lowest BCUT2D eigenvalue weighted by atomic mass is 10.0. The molecule has 1 heterocycles. The van der Waals surface area contributed by atoms with Crippen LogP contribution >= 0.6 is 0 Å². The largest absolute Gasteiger partial charge is 0.336 e. The van der Waals surface area contributed by atoms with Gasteiger partial charge in [0.25, 0.3) is 0 Å². The molecule has 4 nitrogen and oxygen atoms in total. The minimum absolute atomic E-state index is 0.138. The molecule has 1 aliphatic heterocycles. The summed E-state index contributed by atoms with van der Waals surface area (Å²) in [5.74, 6) is 0.138. The topological polar surface area (TPSA) is 49.6 Å². The van der Waals surface area contributed by atoms with Gasteiger partial charge in [-0.25, -0.2) is 0 Å². The fourth-order valence-electron chi connectivity index (χ4n) is 3.36. The Balaban J connectivity index is 1.53. The van der Waals surface area contributed by atoms with Crippen molar-refractivity contribution >= 4 is 5.91 Å². The predicted octanol–water partition coefficient (Wildman–Crippen LogP) is 1.60. The van der Waals surface area contributed by atoms with Crippen LogP contribution in [0.5, 0.6) is 0 Å². The highest BCUT2D eigenvalue weighted by Gasteiger charge is 2.37. The summed E-state index contributed by atoms with van der Waals surface area (Å²) in [7, 11) is 0. The van der Waals surface area contributed by atoms with Crippen LogP contribution in [0.2, 0.25) is 0 Å². The fourth-order valence-corrected chi connectivity index (χ4v) is 3.36. The van der Waals surface area contributed by atoms with E-state index in [1.54, 1.807) is 0 Å². The second-order valence-corrected chi connectivity index (χ2v) is 6.23. The first-order valence-electron chi connectivity index (χ1n) is 8.05. The highest BCUT2D eigenvalue weighted by atomic mass is 16.2. The highest BCUT2D eigenvalue weighted by molar-refractivity contribution is 5.79. The summed E-state index contributed by atoms with van der Waals surface area (Å²) < 4.78 is 0. The van der Waals surface area contributed by atoms with Gasteiger partial charge in [0.2, 0.25) is 5.91 Å². The van der Waals surface area contributed by atoms with E-state index in [0.29, 0.717) is 12.1 Å². The number of nitrogens with zero attached hydrogens (tertiary/aromatic N) is 2. The van der Waals surface area contributed by atoms with Crippen molar-refractivity contribution in [3.63, 3.8) is 0 Å². The van der Waals surface area contributed by atoms with E-state index in [4.69, 9.17) is 5.73 Å². The molecule has 0 atom stereocenters. The molecule has 0 bridgehead atoms. The molecule has 2 N–H and O–H groups in total. The Kier molecular flexibility index (Phi) is 4.56. The van der Waals surface area contributed by atoms with E-state index in [0.717, 1.165) is 45.3 Å². The van der Waals surface area contributed by atoms with Gasteiger partial charge in [-0.05, 0) is 31.2 Å². The standard InChI is InChI=1S/C17H25N3O/c18-12-17(21)20(15-6-7-15)16-8-10-19(11-9-16)13-14-4-2-1-3-5-14/h1-5,15-16H,6-13,18H2. The van der Waals surface area contributed by atoms with Crippen molar-refractivity contribution < 1.29 is 4.79 Å². The maximum atomic E-state index is 12.1. The third-order valence-corrected chi connectivity index (χ3v) is 4.60. The smallest absolute Gasteiger partial charge is 0.236 e. The number of amides is 1. The number of carbonyl (C=O) groups excluding carboxylic acids is 1. The van der Waals surface area contributed by atoms with Crippen LogP contribution in [0.4, 0.5) is 0 Å². The first kappa shape index (κ1) is 14.5. The monoisotopic (exact) mass is 287 g/mol. The summed E-state index contributed by atoms with van der Waals surface area (Å²) in [5.41, 5.74) is 6.94. The molecule has 1 saturated heterocycles. The number of hydrogen-bond donors (Lipinski definition) is 1. The zero-order valence-corrected chi connectivity index (χ0v) is 12.6. The molecule has 2 aliphatic rings. The zero-order chi connectivity index (χ0) is 14.7. The molecule has 114 valence electrons. The molecule has 1 saturated carbocycles. The first-order chi connectivity index (χ1) is 10.3. The number of rotatable bonds is 5. The average Bonchev–Trinajstić information content (AvgIpc) is 3.35. The molecule has 0 radical (unpaired) electrons. The number of hydrogen-bond acceptors (Lipinski definition) is 3. The van der Waals surface area contributed by atoms with Crippen LogP contribution in [0.1, 0.15) is 31.2 Å². The van der Waals surface area contributed by atoms with Crippen LogP contribution < -0.4 is 5.73 Å². The lowest BCUT2D eigenvalue weighted by molar-refractivity contribution is -0.133. The Bertz CT molecular complexity index is 464. The lowest BCUT2D eigenvalue weighted by Gasteiger charge is -2.38. The van der Waals surface area contributed by atoms with E-state index < -0.39 is 0 Å². The third kappa shape index (κ3) is 3.63. The predicted molar refractivity (Wildman–Crippen MR) is 83.7 cm³/mol. The van der Waals surface area contributed by atoms with Gasteiger partial charge >= 0.3 is 0 Å². The molecule has 0 unspecified atom stereocenters. The van der Waals surface area contributed by atoms with Crippen molar-refractivity contribution in [3.05, 3.63) is 35.9 Å². The Morgan fingerprint density at radius 2 is 1.71 bits per heavy atom. The SMILES string of the molecule is NCC(=O)N(C1CC1)C1CCN(Cc2ccccc2)CC1. The Hall–Kier alpha value is -1.39. The van der Waals surface area contributed by atoms with Gasteiger partial charge in [-0.1, -0.05) is 30.3 Å². The number of likely N-dealkylation sites (tertiary alicyclic amines) is 1. The zero-order valence-electron chi connectivity index (χ0n) is 12.6. The molecular formula is C17H25N3O. The van der Waals surface area contributed by atoms with Crippen molar-refractivity contribution in [2.45, 2.75) is 44.3 Å². The maximum Gasteiger partial charge on any atom is 0.236 e. The summed E-state index contributed by atoms with van der Waals surface area (Å²) in [5, 5.41) is 0. The molecule has 1 amide bonds. The molecule has 2 fully saturated rings. The van der Waals surface area contributed by atoms with Gasteiger partial charge in [-0.3, -0.25) is 9.69 Å². The summed E-state index contributed by atoms with van der Waals surface area (Å²) >= 11 is 0. The minimum atomic E-state index is 0.138. The maximum absolute atomic E-state index is 12.1. The van der Waals surface area contributed by atoms with Gasteiger partial charge < -0.3 is 10.6 Å². The first-order valence-corrected chi connectivity index (χ1v) is 8.05. The van der Waals surface area contributed by atoms with Crippen LogP contribution in [0.15, 0.2) is 30.3 Å². The highest BCUT2D eigenvalue weighted by Crippen LogP contribution is 2.32. The van der Waals surface area contributed by atoms with Gasteiger partial charge in [-0.2, -0.15) is 0 Å². The summed E-state index contributed by atoms with van der Waals surface area (Å²) in [6.45, 7) is 3.31. The Morgan fingerprint density at radius 3 is 2.29 bits per heavy atom. The van der Waals surface area contributed by atoms with Crippen LogP contribution in [0.3, 0.4) is 0 Å². The Labute approximate surface area is 126 Å². The number of carbonyl (C=O) groups is 1. The van der Waals surface area contributed by atoms with Gasteiger partial charge in [0.15, 0.2) is 0 Å². The van der Waals surface area contributed by atoms with E-state index in [-0.39, 0.29) is 12.5 Å². The average molecular weight is 287 g/mol. The Morgan fingerprint density at radius 1 is 1.10 bits per heavy atom. The van der Waals surface area contributed by atoms with E-state index >= 15 is 0 Å². The molecule has 1 aromatic carbocycles. The summed E-state index contributed by atoms with van der Waals surface area (Å²) in [4.78, 5) is 16.6. The van der Waals surface area contributed by atoms with Crippen LogP contribution in [0, 0.1) is 0 Å². The number of piperidine rings is 1. The van der Waals surface area contributed by atoms with E-state index in [2.05, 4.69) is 40.1 Å². The minimum Gasteiger partial charge on any atom is -0.336 e. The van der Waals surface area contributed by atoms with Crippen molar-refractivity contribution in [1.82, 2.24) is 9.80 Å². The summed E-state index contributed by atoms with van der Waals surface area (Å²) in [6.07, 6.45) is 4.48. The van der Waals surface area contributed by atoms with Crippen molar-refractivity contribution in [2.24, 2.45) is 5.73 Å². The molecular weight excluding hydrogens is 262 g/mol. The van der Waals surface area contributed by atoms with Gasteiger partial charge in [0.05, 0.1) is 6.54 Å². The van der Waals surface area contributed by atoms with E-state index in [1.165, 1.54) is 5.56 Å². The normalized spacial score (nSPS) is 20.4. The van der Waals surface area contributed by atoms with E-state index in [9.17, 15) is 4.79 Å². The molecule has 21 heavy (non-hydrogen) atoms. The quantitative estimate of drug-likeness (QED) is 0.895. The van der Waals surface area contributed by atoms with Gasteiger partial charge in [0, 0.05) is 31.7 Å². The number of benzene rings is 1. The van der Waals surface area contributed by atoms with Crippen molar-refractivity contribution in [3.8, 4) is 0 Å². The van der Waals surface area contributed by atoms with Gasteiger partial charge in [-0.15, -0.1) is 0 Å². The molecule has 4 heteroatoms. The molecule has 0 aromatic heterocycles. The second-order valence-electron chi connectivity index (χ2n) is 6.23. The van der Waals surface area contributed by atoms with E-state index in [1.807, 2.05) is 0 Å². The van der Waals surface area contributed by atoms with Crippen LogP contribution in [-0.4, -0.2) is 47.4 Å². The number of nitrogens with two attached hydrogens (primary N) is 1. The molecule has 1 aromatic rings. The molecule has 3 rings (SSSR count). The van der Waals surface area contributed by atoms with Crippen molar-refractivity contribution in [2.75, 3.05) is 19.6 Å². The summed E-state index contributed by atoms with van der Waals surface area (Å²) in [6, 6.07) is 11.5. The molecule has 1 aliphatic carbocycles. The second kappa shape index (κ2) is 6.58. The van der Waals surface area contributed by atoms with Crippen LogP contribution in [-0.2, 0) is 11.3 Å². The van der Waals surface area contributed by atoms with Gasteiger partial charge in [0.1, 0.15) is 0 Å². The van der Waals surface area contributed by atoms with Crippen molar-refractivity contribution in [1.29, 1.82) is 0 Å². The third-order valence-electron chi connectivity index (χ3n) is 4.60. The van der Waals surface area contributed by atoms with Crippen LogP contribution in [0.25, 0.3) is 0 Å². The molecule has 0 spiro atoms. The lowest BCUT2D eigenvalue weighted by Crippen LogP contribution is -2.50.